The topological polar surface area (TPSA) is 150 Å². The summed E-state index contributed by atoms with van der Waals surface area (Å²) >= 11 is 0. The second-order valence-corrected chi connectivity index (χ2v) is 22.1. The van der Waals surface area contributed by atoms with Crippen LogP contribution in [0.4, 0.5) is 10.2 Å². The molecule has 1 saturated carbocycles. The van der Waals surface area contributed by atoms with Crippen molar-refractivity contribution in [3.05, 3.63) is 47.4 Å². The predicted molar refractivity (Wildman–Crippen MR) is 187 cm³/mol. The molecule has 0 aliphatic heterocycles. The van der Waals surface area contributed by atoms with E-state index in [0.29, 0.717) is 30.2 Å². The number of aromatic nitrogens is 5. The number of carbonyl (C=O) groups excluding carboxylic acids is 2. The average molecular weight is 704 g/mol. The van der Waals surface area contributed by atoms with Crippen LogP contribution in [0.2, 0.25) is 25.7 Å². The van der Waals surface area contributed by atoms with E-state index in [0.717, 1.165) is 43.7 Å². The van der Waals surface area contributed by atoms with E-state index in [2.05, 4.69) is 52.4 Å². The summed E-state index contributed by atoms with van der Waals surface area (Å²) < 4.78 is 48.1. The summed E-state index contributed by atoms with van der Waals surface area (Å²) in [5, 5.41) is 14.3. The molecule has 2 amide bonds. The summed E-state index contributed by atoms with van der Waals surface area (Å²) in [4.78, 5) is 31.2. The Kier molecular flexibility index (Phi) is 12.3. The number of carbonyl (C=O) groups is 2. The first-order chi connectivity index (χ1) is 22.6. The number of ether oxygens (including phenoxy) is 1. The number of aryl methyl sites for hydroxylation is 2. The molecule has 48 heavy (non-hydrogen) atoms. The van der Waals surface area contributed by atoms with Gasteiger partial charge in [0.2, 0.25) is 11.9 Å². The van der Waals surface area contributed by atoms with Gasteiger partial charge < -0.3 is 15.4 Å². The number of sulfone groups is 1. The lowest BCUT2D eigenvalue weighted by Crippen LogP contribution is -2.49. The van der Waals surface area contributed by atoms with E-state index in [9.17, 15) is 18.0 Å². The number of nitrogens with one attached hydrogen (secondary N) is 2. The number of pyridine rings is 1. The molecule has 3 aromatic rings. The Balaban J connectivity index is 1.52. The minimum Gasteiger partial charge on any atom is -0.360 e. The van der Waals surface area contributed by atoms with Crippen LogP contribution in [0.25, 0.3) is 11.1 Å². The van der Waals surface area contributed by atoms with E-state index in [1.165, 1.54) is 16.9 Å². The number of anilines is 1. The van der Waals surface area contributed by atoms with Gasteiger partial charge in [-0.2, -0.15) is 14.6 Å². The van der Waals surface area contributed by atoms with Crippen LogP contribution >= 0.6 is 0 Å². The molecule has 4 rings (SSSR count). The van der Waals surface area contributed by atoms with Gasteiger partial charge in [0.05, 0.1) is 18.0 Å². The third-order valence-electron chi connectivity index (χ3n) is 8.87. The van der Waals surface area contributed by atoms with Crippen LogP contribution < -0.4 is 10.6 Å². The molecule has 0 saturated heterocycles. The molecule has 2 N–H and O–H groups in total. The third kappa shape index (κ3) is 10.0. The molecule has 1 fully saturated rings. The molecule has 3 aromatic heterocycles. The fourth-order valence-corrected chi connectivity index (χ4v) is 7.32. The van der Waals surface area contributed by atoms with Crippen molar-refractivity contribution >= 4 is 35.5 Å². The summed E-state index contributed by atoms with van der Waals surface area (Å²) in [6.07, 6.45) is 6.44. The van der Waals surface area contributed by atoms with Crippen LogP contribution in [0.15, 0.2) is 24.4 Å². The van der Waals surface area contributed by atoms with Crippen LogP contribution in [0.3, 0.4) is 0 Å². The molecule has 264 valence electrons. The van der Waals surface area contributed by atoms with Crippen molar-refractivity contribution in [1.29, 1.82) is 0 Å². The van der Waals surface area contributed by atoms with Gasteiger partial charge in [0.25, 0.3) is 5.91 Å². The highest BCUT2D eigenvalue weighted by Crippen LogP contribution is 2.33. The molecular weight excluding hydrogens is 654 g/mol. The average Bonchev–Trinajstić information content (AvgIpc) is 3.60. The monoisotopic (exact) mass is 703 g/mol. The zero-order valence-corrected chi connectivity index (χ0v) is 31.0. The molecule has 12 nitrogen and oxygen atoms in total. The van der Waals surface area contributed by atoms with E-state index < -0.39 is 41.7 Å². The molecular formula is C33H50FN7O5SSi. The lowest BCUT2D eigenvalue weighted by molar-refractivity contribution is -0.119. The van der Waals surface area contributed by atoms with Crippen molar-refractivity contribution in [1.82, 2.24) is 29.9 Å². The standard InChI is InChI=1S/C33H50FN7O5SSi/c1-8-26-29(23(3)39-41(26)21-46-18-20-48(5,6)7)25-13-14-28(36-31(25)34)37-33(43)30(24-11-9-22(2)10-12-24)38-32(42)27-15-16-35-40(27)17-19-47(4,44)45/h13-16,22,24,30H,8-12,17-21H2,1-7H3,(H,38,42)(H,36,37,43)/t22?,24?,30-/m0/s1. The number of rotatable bonds is 15. The molecule has 0 spiro atoms. The highest BCUT2D eigenvalue weighted by atomic mass is 32.2. The largest absolute Gasteiger partial charge is 0.360 e. The van der Waals surface area contributed by atoms with E-state index in [4.69, 9.17) is 4.74 Å². The van der Waals surface area contributed by atoms with E-state index in [1.54, 1.807) is 16.8 Å². The molecule has 1 aliphatic rings. The second-order valence-electron chi connectivity index (χ2n) is 14.2. The van der Waals surface area contributed by atoms with Gasteiger partial charge in [-0.25, -0.2) is 18.1 Å². The van der Waals surface area contributed by atoms with Crippen LogP contribution in [0.5, 0.6) is 0 Å². The maximum absolute atomic E-state index is 15.7. The third-order valence-corrected chi connectivity index (χ3v) is 11.5. The Labute approximate surface area is 284 Å². The molecule has 0 unspecified atom stereocenters. The molecule has 0 radical (unpaired) electrons. The summed E-state index contributed by atoms with van der Waals surface area (Å²) in [6.45, 7) is 13.8. The molecule has 0 bridgehead atoms. The summed E-state index contributed by atoms with van der Waals surface area (Å²) in [7, 11) is -4.52. The van der Waals surface area contributed by atoms with Crippen molar-refractivity contribution in [2.24, 2.45) is 11.8 Å². The quantitative estimate of drug-likeness (QED) is 0.127. The van der Waals surface area contributed by atoms with Crippen LogP contribution in [-0.4, -0.2) is 77.5 Å². The van der Waals surface area contributed by atoms with E-state index in [1.807, 2.05) is 13.8 Å². The number of hydrogen-bond donors (Lipinski definition) is 2. The van der Waals surface area contributed by atoms with Crippen molar-refractivity contribution in [3.8, 4) is 11.1 Å². The van der Waals surface area contributed by atoms with E-state index in [-0.39, 0.29) is 42.0 Å². The zero-order chi connectivity index (χ0) is 35.2. The number of hydrogen-bond acceptors (Lipinski definition) is 8. The SMILES string of the molecule is CCc1c(-c2ccc(NC(=O)[C@@H](NC(=O)c3ccnn3CCS(C)(=O)=O)C3CCC(C)CC3)nc2F)c(C)nn1COCC[Si](C)(C)C. The van der Waals surface area contributed by atoms with Crippen LogP contribution in [-0.2, 0) is 39.1 Å². The Morgan fingerprint density at radius 2 is 1.83 bits per heavy atom. The molecule has 3 heterocycles. The maximum atomic E-state index is 15.7. The van der Waals surface area contributed by atoms with Gasteiger partial charge in [-0.1, -0.05) is 46.3 Å². The molecule has 15 heteroatoms. The summed E-state index contributed by atoms with van der Waals surface area (Å²) in [6, 6.07) is 4.75. The molecule has 1 atom stereocenters. The van der Waals surface area contributed by atoms with Gasteiger partial charge in [-0.3, -0.25) is 14.3 Å². The number of nitrogens with zero attached hydrogens (tertiary/aromatic N) is 5. The minimum atomic E-state index is -3.28. The Bertz CT molecular complexity index is 1690. The first-order valence-electron chi connectivity index (χ1n) is 16.7. The second kappa shape index (κ2) is 15.9. The van der Waals surface area contributed by atoms with E-state index >= 15 is 4.39 Å². The van der Waals surface area contributed by atoms with Gasteiger partial charge in [0.1, 0.15) is 34.1 Å². The maximum Gasteiger partial charge on any atom is 0.270 e. The lowest BCUT2D eigenvalue weighted by Gasteiger charge is -2.32. The normalized spacial score (nSPS) is 17.7. The Hall–Kier alpha value is -3.43. The van der Waals surface area contributed by atoms with Crippen molar-refractivity contribution in [3.63, 3.8) is 0 Å². The van der Waals surface area contributed by atoms with Gasteiger partial charge in [-0.15, -0.1) is 0 Å². The Morgan fingerprint density at radius 3 is 2.46 bits per heavy atom. The predicted octanol–water partition coefficient (Wildman–Crippen LogP) is 5.07. The number of amides is 2. The van der Waals surface area contributed by atoms with Crippen molar-refractivity contribution in [2.75, 3.05) is 23.9 Å². The van der Waals surface area contributed by atoms with Gasteiger partial charge in [0.15, 0.2) is 0 Å². The first kappa shape index (κ1) is 37.4. The lowest BCUT2D eigenvalue weighted by atomic mass is 9.79. The van der Waals surface area contributed by atoms with Crippen molar-refractivity contribution < 1.29 is 27.1 Å². The number of halogens is 1. The van der Waals surface area contributed by atoms with Crippen LogP contribution in [0.1, 0.15) is 61.4 Å². The van der Waals surface area contributed by atoms with Gasteiger partial charge >= 0.3 is 0 Å². The van der Waals surface area contributed by atoms with Gasteiger partial charge in [0, 0.05) is 44.0 Å². The zero-order valence-electron chi connectivity index (χ0n) is 29.2. The minimum absolute atomic E-state index is 0.00564. The summed E-state index contributed by atoms with van der Waals surface area (Å²) in [5.41, 5.74) is 2.58. The molecule has 1 aliphatic carbocycles. The Morgan fingerprint density at radius 1 is 1.12 bits per heavy atom. The first-order valence-corrected chi connectivity index (χ1v) is 22.4. The van der Waals surface area contributed by atoms with Crippen molar-refractivity contribution in [2.45, 2.75) is 97.9 Å². The fraction of sp³-hybridized carbons (Fsp3) is 0.606. The fourth-order valence-electron chi connectivity index (χ4n) is 6.06. The van der Waals surface area contributed by atoms with Crippen LogP contribution in [0, 0.1) is 24.7 Å². The molecule has 0 aromatic carbocycles. The smallest absolute Gasteiger partial charge is 0.270 e. The highest BCUT2D eigenvalue weighted by molar-refractivity contribution is 7.90. The highest BCUT2D eigenvalue weighted by Gasteiger charge is 2.34. The summed E-state index contributed by atoms with van der Waals surface area (Å²) in [5.74, 6) is -1.57. The van der Waals surface area contributed by atoms with Gasteiger partial charge in [-0.05, 0) is 62.3 Å².